The minimum atomic E-state index is -0.443. The molecule has 2 N–H and O–H groups in total. The van der Waals surface area contributed by atoms with E-state index >= 15 is 0 Å². The first kappa shape index (κ1) is 15.7. The number of nitrogens with zero attached hydrogens (tertiary/aromatic N) is 1. The average Bonchev–Trinajstić information content (AvgIpc) is 2.92. The lowest BCUT2D eigenvalue weighted by molar-refractivity contribution is 0.0721. The molecule has 2 aromatic carbocycles. The van der Waals surface area contributed by atoms with Gasteiger partial charge in [0.25, 0.3) is 5.91 Å². The number of aliphatic hydroxyl groups is 1. The Kier molecular flexibility index (Phi) is 4.46. The molecule has 0 saturated heterocycles. The van der Waals surface area contributed by atoms with E-state index in [0.29, 0.717) is 5.56 Å². The number of rotatable bonds is 4. The van der Waals surface area contributed by atoms with Crippen LogP contribution in [0.2, 0.25) is 0 Å². The van der Waals surface area contributed by atoms with Crippen molar-refractivity contribution in [3.05, 3.63) is 70.8 Å². The molecule has 1 aliphatic rings. The number of aliphatic hydroxyl groups excluding tert-OH is 1. The second-order valence-corrected chi connectivity index (χ2v) is 6.11. The molecule has 4 heteroatoms. The van der Waals surface area contributed by atoms with Crippen molar-refractivity contribution in [2.24, 2.45) is 0 Å². The second kappa shape index (κ2) is 6.52. The van der Waals surface area contributed by atoms with Crippen LogP contribution in [-0.2, 0) is 13.0 Å². The molecule has 2 aromatic rings. The van der Waals surface area contributed by atoms with Gasteiger partial charge in [0.05, 0.1) is 6.10 Å². The van der Waals surface area contributed by atoms with Crippen LogP contribution in [0.4, 0.5) is 0 Å². The Morgan fingerprint density at radius 1 is 1.22 bits per heavy atom. The van der Waals surface area contributed by atoms with E-state index in [1.807, 2.05) is 49.5 Å². The topological polar surface area (TPSA) is 52.6 Å². The summed E-state index contributed by atoms with van der Waals surface area (Å²) in [4.78, 5) is 13.8. The van der Waals surface area contributed by atoms with E-state index in [1.165, 1.54) is 5.56 Å². The summed E-state index contributed by atoms with van der Waals surface area (Å²) in [6.45, 7) is 0.740. The summed E-state index contributed by atoms with van der Waals surface area (Å²) < 4.78 is 0. The van der Waals surface area contributed by atoms with Crippen LogP contribution in [0.5, 0.6) is 0 Å². The fourth-order valence-electron chi connectivity index (χ4n) is 3.26. The van der Waals surface area contributed by atoms with Gasteiger partial charge in [0, 0.05) is 25.2 Å². The number of fused-ring (bicyclic) bond motifs is 1. The third-order valence-corrected chi connectivity index (χ3v) is 4.61. The van der Waals surface area contributed by atoms with Crippen LogP contribution in [-0.4, -0.2) is 36.1 Å². The standard InChI is InChI=1S/C19H22N2O2/c1-20-19(23)14-9-7-13(8-10-14)12-21(2)17-11-15-5-3-4-6-16(15)18(17)22/h3-10,17-18,22H,11-12H2,1-2H3,(H,20,23). The van der Waals surface area contributed by atoms with E-state index in [4.69, 9.17) is 0 Å². The van der Waals surface area contributed by atoms with E-state index < -0.39 is 6.10 Å². The van der Waals surface area contributed by atoms with Crippen molar-refractivity contribution >= 4 is 5.91 Å². The van der Waals surface area contributed by atoms with Crippen LogP contribution >= 0.6 is 0 Å². The first-order chi connectivity index (χ1) is 11.1. The molecule has 0 fully saturated rings. The van der Waals surface area contributed by atoms with Crippen molar-refractivity contribution < 1.29 is 9.90 Å². The Bertz CT molecular complexity index is 697. The monoisotopic (exact) mass is 310 g/mol. The highest BCUT2D eigenvalue weighted by atomic mass is 16.3. The van der Waals surface area contributed by atoms with Gasteiger partial charge in [0.2, 0.25) is 0 Å². The van der Waals surface area contributed by atoms with E-state index in [0.717, 1.165) is 24.1 Å². The van der Waals surface area contributed by atoms with Gasteiger partial charge >= 0.3 is 0 Å². The van der Waals surface area contributed by atoms with Crippen molar-refractivity contribution in [2.75, 3.05) is 14.1 Å². The number of carbonyl (C=O) groups is 1. The maximum Gasteiger partial charge on any atom is 0.251 e. The molecular formula is C19H22N2O2. The molecule has 23 heavy (non-hydrogen) atoms. The highest BCUT2D eigenvalue weighted by Gasteiger charge is 2.33. The molecule has 0 radical (unpaired) electrons. The van der Waals surface area contributed by atoms with Gasteiger partial charge in [-0.05, 0) is 42.3 Å². The minimum absolute atomic E-state index is 0.0773. The van der Waals surface area contributed by atoms with E-state index in [2.05, 4.69) is 16.3 Å². The molecule has 0 heterocycles. The van der Waals surface area contributed by atoms with Gasteiger partial charge in [-0.3, -0.25) is 9.69 Å². The van der Waals surface area contributed by atoms with Crippen LogP contribution in [0.15, 0.2) is 48.5 Å². The summed E-state index contributed by atoms with van der Waals surface area (Å²) in [7, 11) is 3.66. The van der Waals surface area contributed by atoms with Gasteiger partial charge < -0.3 is 10.4 Å². The van der Waals surface area contributed by atoms with E-state index in [1.54, 1.807) is 7.05 Å². The Morgan fingerprint density at radius 3 is 2.57 bits per heavy atom. The average molecular weight is 310 g/mol. The summed E-state index contributed by atoms with van der Waals surface area (Å²) in [5.74, 6) is -0.0773. The molecule has 1 amide bonds. The predicted octanol–water partition coefficient (Wildman–Crippen LogP) is 2.14. The fourth-order valence-corrected chi connectivity index (χ4v) is 3.26. The van der Waals surface area contributed by atoms with Crippen LogP contribution in [0.1, 0.15) is 33.2 Å². The summed E-state index contributed by atoms with van der Waals surface area (Å²) in [5, 5.41) is 13.2. The highest BCUT2D eigenvalue weighted by Crippen LogP contribution is 2.34. The van der Waals surface area contributed by atoms with Crippen molar-refractivity contribution in [3.8, 4) is 0 Å². The molecule has 0 saturated carbocycles. The minimum Gasteiger partial charge on any atom is -0.387 e. The molecule has 120 valence electrons. The molecule has 3 rings (SSSR count). The highest BCUT2D eigenvalue weighted by molar-refractivity contribution is 5.93. The molecule has 0 bridgehead atoms. The van der Waals surface area contributed by atoms with Crippen molar-refractivity contribution in [3.63, 3.8) is 0 Å². The number of nitrogens with one attached hydrogen (secondary N) is 1. The zero-order valence-electron chi connectivity index (χ0n) is 13.5. The quantitative estimate of drug-likeness (QED) is 0.910. The second-order valence-electron chi connectivity index (χ2n) is 6.11. The first-order valence-electron chi connectivity index (χ1n) is 7.87. The van der Waals surface area contributed by atoms with Crippen LogP contribution in [0.3, 0.4) is 0 Å². The fraction of sp³-hybridized carbons (Fsp3) is 0.316. The van der Waals surface area contributed by atoms with E-state index in [9.17, 15) is 9.90 Å². The number of hydrogen-bond donors (Lipinski definition) is 2. The Morgan fingerprint density at radius 2 is 1.91 bits per heavy atom. The molecule has 2 unspecified atom stereocenters. The Balaban J connectivity index is 1.68. The predicted molar refractivity (Wildman–Crippen MR) is 90.2 cm³/mol. The van der Waals surface area contributed by atoms with Gasteiger partial charge in [-0.15, -0.1) is 0 Å². The van der Waals surface area contributed by atoms with Gasteiger partial charge in [-0.1, -0.05) is 36.4 Å². The van der Waals surface area contributed by atoms with Gasteiger partial charge in [0.1, 0.15) is 0 Å². The lowest BCUT2D eigenvalue weighted by Gasteiger charge is -2.27. The summed E-state index contributed by atoms with van der Waals surface area (Å²) in [6, 6.07) is 15.8. The molecule has 1 aliphatic carbocycles. The maximum absolute atomic E-state index is 11.6. The normalized spacial score (nSPS) is 19.7. The Hall–Kier alpha value is -2.17. The zero-order chi connectivity index (χ0) is 16.4. The first-order valence-corrected chi connectivity index (χ1v) is 7.87. The molecule has 0 aliphatic heterocycles. The maximum atomic E-state index is 11.6. The SMILES string of the molecule is CNC(=O)c1ccc(CN(C)C2Cc3ccccc3C2O)cc1. The third kappa shape index (κ3) is 3.14. The molecule has 0 aromatic heterocycles. The lowest BCUT2D eigenvalue weighted by Crippen LogP contribution is -2.34. The van der Waals surface area contributed by atoms with Crippen LogP contribution in [0.25, 0.3) is 0 Å². The van der Waals surface area contributed by atoms with Crippen molar-refractivity contribution in [2.45, 2.75) is 25.1 Å². The van der Waals surface area contributed by atoms with Crippen LogP contribution in [0, 0.1) is 0 Å². The smallest absolute Gasteiger partial charge is 0.251 e. The largest absolute Gasteiger partial charge is 0.387 e. The Labute approximate surface area is 136 Å². The molecular weight excluding hydrogens is 288 g/mol. The number of likely N-dealkylation sites (N-methyl/N-ethyl adjacent to an activating group) is 1. The van der Waals surface area contributed by atoms with Crippen molar-refractivity contribution in [1.82, 2.24) is 10.2 Å². The number of amides is 1. The summed E-state index contributed by atoms with van der Waals surface area (Å²) in [6.07, 6.45) is 0.422. The molecule has 0 spiro atoms. The van der Waals surface area contributed by atoms with Gasteiger partial charge in [-0.2, -0.15) is 0 Å². The van der Waals surface area contributed by atoms with Crippen molar-refractivity contribution in [1.29, 1.82) is 0 Å². The zero-order valence-corrected chi connectivity index (χ0v) is 13.5. The number of hydrogen-bond acceptors (Lipinski definition) is 3. The lowest BCUT2D eigenvalue weighted by atomic mass is 10.1. The summed E-state index contributed by atoms with van der Waals surface area (Å²) >= 11 is 0. The summed E-state index contributed by atoms with van der Waals surface area (Å²) in [5.41, 5.74) is 4.06. The van der Waals surface area contributed by atoms with Gasteiger partial charge in [-0.25, -0.2) is 0 Å². The van der Waals surface area contributed by atoms with Crippen LogP contribution < -0.4 is 5.32 Å². The molecule has 4 nitrogen and oxygen atoms in total. The van der Waals surface area contributed by atoms with E-state index in [-0.39, 0.29) is 11.9 Å². The molecule has 2 atom stereocenters. The number of benzene rings is 2. The number of carbonyl (C=O) groups excluding carboxylic acids is 1. The third-order valence-electron chi connectivity index (χ3n) is 4.61. The van der Waals surface area contributed by atoms with Gasteiger partial charge in [0.15, 0.2) is 0 Å².